The molecule has 0 aliphatic rings. The molecule has 0 spiro atoms. The number of amides is 1. The highest BCUT2D eigenvalue weighted by Gasteiger charge is 2.16. The maximum Gasteiger partial charge on any atom is 0.266 e. The molecule has 1 aromatic heterocycles. The number of anilines is 1. The summed E-state index contributed by atoms with van der Waals surface area (Å²) in [4.78, 5) is 30.3. The molecule has 1 amide bonds. The molecule has 4 rings (SSSR count). The van der Waals surface area contributed by atoms with E-state index < -0.39 is 5.82 Å². The van der Waals surface area contributed by atoms with Crippen LogP contribution in [0.15, 0.2) is 76.7 Å². The molecule has 0 fully saturated rings. The Kier molecular flexibility index (Phi) is 5.86. The molecule has 0 unspecified atom stereocenters. The summed E-state index contributed by atoms with van der Waals surface area (Å²) >= 11 is 1.13. The molecule has 0 radical (unpaired) electrons. The summed E-state index contributed by atoms with van der Waals surface area (Å²) < 4.78 is 15.3. The van der Waals surface area contributed by atoms with E-state index in [4.69, 9.17) is 0 Å². The quantitative estimate of drug-likeness (QED) is 0.360. The highest BCUT2D eigenvalue weighted by Crippen LogP contribution is 2.23. The van der Waals surface area contributed by atoms with Gasteiger partial charge in [-0.3, -0.25) is 14.2 Å². The maximum absolute atomic E-state index is 13.8. The Labute approximate surface area is 182 Å². The van der Waals surface area contributed by atoms with Crippen LogP contribution < -0.4 is 10.9 Å². The van der Waals surface area contributed by atoms with Crippen LogP contribution in [0.5, 0.6) is 0 Å². The molecule has 31 heavy (non-hydrogen) atoms. The van der Waals surface area contributed by atoms with Gasteiger partial charge in [0.2, 0.25) is 5.91 Å². The third-order valence-electron chi connectivity index (χ3n) is 4.97. The summed E-state index contributed by atoms with van der Waals surface area (Å²) in [7, 11) is 0. The number of aromatic nitrogens is 2. The monoisotopic (exact) mass is 433 g/mol. The Balaban J connectivity index is 1.70. The first-order chi connectivity index (χ1) is 14.9. The number of nitrogens with one attached hydrogen (secondary N) is 1. The van der Waals surface area contributed by atoms with Gasteiger partial charge in [0.1, 0.15) is 5.82 Å². The number of para-hydroxylation sites is 2. The normalized spacial score (nSPS) is 10.9. The highest BCUT2D eigenvalue weighted by molar-refractivity contribution is 7.99. The van der Waals surface area contributed by atoms with Crippen molar-refractivity contribution >= 4 is 34.3 Å². The van der Waals surface area contributed by atoms with Gasteiger partial charge in [-0.05, 0) is 61.4 Å². The molecule has 0 saturated heterocycles. The molecular formula is C24H20FN3O2S. The summed E-state index contributed by atoms with van der Waals surface area (Å²) in [6.45, 7) is 3.98. The molecule has 0 bridgehead atoms. The fourth-order valence-electron chi connectivity index (χ4n) is 3.18. The second-order valence-electron chi connectivity index (χ2n) is 7.14. The third-order valence-corrected chi connectivity index (χ3v) is 5.91. The van der Waals surface area contributed by atoms with Crippen molar-refractivity contribution < 1.29 is 9.18 Å². The number of hydrogen-bond donors (Lipinski definition) is 1. The van der Waals surface area contributed by atoms with E-state index >= 15 is 0 Å². The van der Waals surface area contributed by atoms with Gasteiger partial charge in [-0.25, -0.2) is 9.37 Å². The first-order valence-corrected chi connectivity index (χ1v) is 10.7. The Hall–Kier alpha value is -3.45. The van der Waals surface area contributed by atoms with Gasteiger partial charge in [-0.2, -0.15) is 0 Å². The van der Waals surface area contributed by atoms with Crippen LogP contribution in [0.25, 0.3) is 16.6 Å². The summed E-state index contributed by atoms with van der Waals surface area (Å²) in [5.74, 6) is -0.912. The predicted octanol–water partition coefficient (Wildman–Crippen LogP) is 4.87. The van der Waals surface area contributed by atoms with E-state index in [0.29, 0.717) is 21.7 Å². The summed E-state index contributed by atoms with van der Waals surface area (Å²) in [5, 5.41) is 3.46. The largest absolute Gasteiger partial charge is 0.323 e. The molecule has 1 heterocycles. The van der Waals surface area contributed by atoms with Gasteiger partial charge in [0.05, 0.1) is 28.0 Å². The molecule has 7 heteroatoms. The SMILES string of the molecule is Cc1ccc(-n2c(SCC(=O)Nc3ccccc3F)nc3ccccc3c2=O)cc1C. The zero-order valence-electron chi connectivity index (χ0n) is 17.1. The van der Waals surface area contributed by atoms with Crippen molar-refractivity contribution in [3.63, 3.8) is 0 Å². The van der Waals surface area contributed by atoms with E-state index in [9.17, 15) is 14.0 Å². The molecular weight excluding hydrogens is 413 g/mol. The van der Waals surface area contributed by atoms with Crippen LogP contribution in [0.2, 0.25) is 0 Å². The summed E-state index contributed by atoms with van der Waals surface area (Å²) in [6, 6.07) is 18.8. The van der Waals surface area contributed by atoms with Crippen molar-refractivity contribution in [1.82, 2.24) is 9.55 Å². The van der Waals surface area contributed by atoms with Gasteiger partial charge < -0.3 is 5.32 Å². The Morgan fingerprint density at radius 3 is 2.55 bits per heavy atom. The van der Waals surface area contributed by atoms with E-state index in [2.05, 4.69) is 10.3 Å². The lowest BCUT2D eigenvalue weighted by molar-refractivity contribution is -0.113. The number of benzene rings is 3. The van der Waals surface area contributed by atoms with E-state index in [-0.39, 0.29) is 22.9 Å². The number of carbonyl (C=O) groups excluding carboxylic acids is 1. The number of hydrogen-bond acceptors (Lipinski definition) is 4. The first kappa shape index (κ1) is 20.8. The molecule has 0 atom stereocenters. The predicted molar refractivity (Wildman–Crippen MR) is 123 cm³/mol. The van der Waals surface area contributed by atoms with Gasteiger partial charge in [0, 0.05) is 0 Å². The first-order valence-electron chi connectivity index (χ1n) is 9.70. The fraction of sp³-hybridized carbons (Fsp3) is 0.125. The number of carbonyl (C=O) groups is 1. The topological polar surface area (TPSA) is 64.0 Å². The smallest absolute Gasteiger partial charge is 0.266 e. The minimum atomic E-state index is -0.503. The van der Waals surface area contributed by atoms with Crippen molar-refractivity contribution in [3.05, 3.63) is 94.0 Å². The summed E-state index contributed by atoms with van der Waals surface area (Å²) in [5.41, 5.74) is 3.32. The van der Waals surface area contributed by atoms with Crippen molar-refractivity contribution in [3.8, 4) is 5.69 Å². The van der Waals surface area contributed by atoms with Crippen LogP contribution in [0.3, 0.4) is 0 Å². The number of aryl methyl sites for hydroxylation is 2. The average molecular weight is 434 g/mol. The van der Waals surface area contributed by atoms with Crippen molar-refractivity contribution in [1.29, 1.82) is 0 Å². The zero-order chi connectivity index (χ0) is 22.0. The highest BCUT2D eigenvalue weighted by atomic mass is 32.2. The molecule has 0 aliphatic heterocycles. The van der Waals surface area contributed by atoms with Gasteiger partial charge >= 0.3 is 0 Å². The Morgan fingerprint density at radius 1 is 1.03 bits per heavy atom. The molecule has 156 valence electrons. The fourth-order valence-corrected chi connectivity index (χ4v) is 3.99. The lowest BCUT2D eigenvalue weighted by atomic mass is 10.1. The third kappa shape index (κ3) is 4.36. The van der Waals surface area contributed by atoms with Gasteiger partial charge in [-0.15, -0.1) is 0 Å². The van der Waals surface area contributed by atoms with Crippen molar-refractivity contribution in [2.24, 2.45) is 0 Å². The maximum atomic E-state index is 13.8. The lowest BCUT2D eigenvalue weighted by Gasteiger charge is -2.14. The van der Waals surface area contributed by atoms with Crippen LogP contribution in [0, 0.1) is 19.7 Å². The number of thioether (sulfide) groups is 1. The van der Waals surface area contributed by atoms with Gasteiger partial charge in [-0.1, -0.05) is 42.1 Å². The molecule has 0 aliphatic carbocycles. The number of halogens is 1. The summed E-state index contributed by atoms with van der Waals surface area (Å²) in [6.07, 6.45) is 0. The molecule has 0 saturated carbocycles. The van der Waals surface area contributed by atoms with Crippen LogP contribution >= 0.6 is 11.8 Å². The molecule has 4 aromatic rings. The minimum absolute atomic E-state index is 0.0239. The molecule has 3 aromatic carbocycles. The minimum Gasteiger partial charge on any atom is -0.323 e. The second kappa shape index (κ2) is 8.73. The second-order valence-corrected chi connectivity index (χ2v) is 8.08. The van der Waals surface area contributed by atoms with Crippen LogP contribution in [0.4, 0.5) is 10.1 Å². The molecule has 1 N–H and O–H groups in total. The number of nitrogens with zero attached hydrogens (tertiary/aromatic N) is 2. The van der Waals surface area contributed by atoms with Crippen LogP contribution in [0.1, 0.15) is 11.1 Å². The van der Waals surface area contributed by atoms with Crippen LogP contribution in [-0.4, -0.2) is 21.2 Å². The molecule has 5 nitrogen and oxygen atoms in total. The average Bonchev–Trinajstić information content (AvgIpc) is 2.76. The lowest BCUT2D eigenvalue weighted by Crippen LogP contribution is -2.23. The van der Waals surface area contributed by atoms with E-state index in [0.717, 1.165) is 22.9 Å². The van der Waals surface area contributed by atoms with E-state index in [1.165, 1.54) is 16.7 Å². The van der Waals surface area contributed by atoms with Crippen LogP contribution in [-0.2, 0) is 4.79 Å². The van der Waals surface area contributed by atoms with E-state index in [1.807, 2.05) is 38.1 Å². The number of fused-ring (bicyclic) bond motifs is 1. The van der Waals surface area contributed by atoms with Gasteiger partial charge in [0.15, 0.2) is 5.16 Å². The van der Waals surface area contributed by atoms with Crippen molar-refractivity contribution in [2.45, 2.75) is 19.0 Å². The Bertz CT molecular complexity index is 1350. The van der Waals surface area contributed by atoms with E-state index in [1.54, 1.807) is 30.3 Å². The standard InChI is InChI=1S/C24H20FN3O2S/c1-15-11-12-17(13-16(15)2)28-23(30)18-7-3-5-9-20(18)27-24(28)31-14-22(29)26-21-10-6-4-8-19(21)25/h3-13H,14H2,1-2H3,(H,26,29). The zero-order valence-corrected chi connectivity index (χ0v) is 17.9. The number of rotatable bonds is 5. The van der Waals surface area contributed by atoms with Gasteiger partial charge in [0.25, 0.3) is 5.56 Å². The Morgan fingerprint density at radius 2 is 1.77 bits per heavy atom. The van der Waals surface area contributed by atoms with Crippen molar-refractivity contribution in [2.75, 3.05) is 11.1 Å².